The molecule has 5 heteroatoms. The zero-order chi connectivity index (χ0) is 13.2. The van der Waals surface area contributed by atoms with Gasteiger partial charge in [0.25, 0.3) is 5.56 Å². The second-order valence-corrected chi connectivity index (χ2v) is 5.98. The van der Waals surface area contributed by atoms with Crippen LogP contribution >= 0.6 is 11.8 Å². The number of nitrogens with one attached hydrogen (secondary N) is 1. The molecule has 1 N–H and O–H groups in total. The molecule has 0 saturated heterocycles. The number of thioether (sulfide) groups is 1. The van der Waals surface area contributed by atoms with Crippen LogP contribution in [0.2, 0.25) is 0 Å². The first-order valence-corrected chi connectivity index (χ1v) is 7.82. The summed E-state index contributed by atoms with van der Waals surface area (Å²) in [6.45, 7) is 2.11. The van der Waals surface area contributed by atoms with E-state index in [1.807, 2.05) is 6.07 Å². The van der Waals surface area contributed by atoms with Crippen LogP contribution in [0.25, 0.3) is 11.0 Å². The fourth-order valence-corrected chi connectivity index (χ4v) is 3.14. The number of pyridine rings is 1. The highest BCUT2D eigenvalue weighted by Gasteiger charge is 2.14. The maximum Gasteiger partial charge on any atom is 0.261 e. The van der Waals surface area contributed by atoms with Crippen LogP contribution in [-0.2, 0) is 12.8 Å². The van der Waals surface area contributed by atoms with Gasteiger partial charge in [0.15, 0.2) is 10.8 Å². The summed E-state index contributed by atoms with van der Waals surface area (Å²) < 4.78 is 0. The summed E-state index contributed by atoms with van der Waals surface area (Å²) in [6, 6.07) is 1.98. The molecular formula is C14H17N3OS. The molecule has 0 atom stereocenters. The Kier molecular flexibility index (Phi) is 3.55. The first-order valence-electron chi connectivity index (χ1n) is 6.83. The summed E-state index contributed by atoms with van der Waals surface area (Å²) in [5.41, 5.74) is 2.88. The molecule has 100 valence electrons. The van der Waals surface area contributed by atoms with E-state index in [1.165, 1.54) is 18.4 Å². The van der Waals surface area contributed by atoms with E-state index < -0.39 is 0 Å². The second kappa shape index (κ2) is 5.33. The van der Waals surface area contributed by atoms with Crippen molar-refractivity contribution in [3.05, 3.63) is 27.7 Å². The molecule has 2 aromatic heterocycles. The van der Waals surface area contributed by atoms with Crippen molar-refractivity contribution in [2.75, 3.05) is 5.75 Å². The average molecular weight is 275 g/mol. The van der Waals surface area contributed by atoms with Gasteiger partial charge in [-0.15, -0.1) is 0 Å². The van der Waals surface area contributed by atoms with E-state index in [0.717, 1.165) is 30.7 Å². The standard InChI is InChI=1S/C14H17N3OS/c1-2-7-19-14-16-12-10(13(18)17-14)8-9-5-3-4-6-11(9)15-12/h8H,2-7H2,1H3,(H,15,16,17,18). The van der Waals surface area contributed by atoms with Crippen LogP contribution in [0.15, 0.2) is 16.0 Å². The predicted molar refractivity (Wildman–Crippen MR) is 77.8 cm³/mol. The van der Waals surface area contributed by atoms with Crippen molar-refractivity contribution in [1.82, 2.24) is 15.0 Å². The summed E-state index contributed by atoms with van der Waals surface area (Å²) in [5.74, 6) is 0.958. The number of rotatable bonds is 3. The molecule has 1 aliphatic carbocycles. The van der Waals surface area contributed by atoms with E-state index in [2.05, 4.69) is 21.9 Å². The van der Waals surface area contributed by atoms with Crippen molar-refractivity contribution in [1.29, 1.82) is 0 Å². The van der Waals surface area contributed by atoms with Crippen LogP contribution in [0.4, 0.5) is 0 Å². The first kappa shape index (κ1) is 12.7. The van der Waals surface area contributed by atoms with Gasteiger partial charge in [-0.1, -0.05) is 18.7 Å². The molecule has 2 aromatic rings. The molecule has 2 heterocycles. The zero-order valence-electron chi connectivity index (χ0n) is 11.0. The molecule has 3 rings (SSSR count). The largest absolute Gasteiger partial charge is 0.301 e. The predicted octanol–water partition coefficient (Wildman–Crippen LogP) is 2.70. The zero-order valence-corrected chi connectivity index (χ0v) is 11.8. The normalized spacial score (nSPS) is 14.6. The van der Waals surface area contributed by atoms with E-state index in [-0.39, 0.29) is 5.56 Å². The smallest absolute Gasteiger partial charge is 0.261 e. The van der Waals surface area contributed by atoms with E-state index in [0.29, 0.717) is 16.2 Å². The monoisotopic (exact) mass is 275 g/mol. The molecule has 0 saturated carbocycles. The number of aromatic amines is 1. The fourth-order valence-electron chi connectivity index (χ4n) is 2.43. The van der Waals surface area contributed by atoms with Crippen LogP contribution in [0, 0.1) is 0 Å². The Morgan fingerprint density at radius 2 is 2.16 bits per heavy atom. The number of aryl methyl sites for hydroxylation is 2. The van der Waals surface area contributed by atoms with Crippen molar-refractivity contribution in [3.63, 3.8) is 0 Å². The molecule has 4 nitrogen and oxygen atoms in total. The van der Waals surface area contributed by atoms with Crippen LogP contribution in [0.5, 0.6) is 0 Å². The summed E-state index contributed by atoms with van der Waals surface area (Å²) in [4.78, 5) is 24.0. The topological polar surface area (TPSA) is 58.6 Å². The molecule has 0 aromatic carbocycles. The number of hydrogen-bond donors (Lipinski definition) is 1. The highest BCUT2D eigenvalue weighted by molar-refractivity contribution is 7.99. The maximum atomic E-state index is 12.1. The van der Waals surface area contributed by atoms with Gasteiger partial charge in [-0.3, -0.25) is 4.79 Å². The lowest BCUT2D eigenvalue weighted by Gasteiger charge is -2.14. The lowest BCUT2D eigenvalue weighted by molar-refractivity contribution is 0.670. The lowest BCUT2D eigenvalue weighted by atomic mass is 9.95. The van der Waals surface area contributed by atoms with Crippen molar-refractivity contribution in [2.45, 2.75) is 44.2 Å². The Labute approximate surface area is 116 Å². The van der Waals surface area contributed by atoms with Gasteiger partial charge >= 0.3 is 0 Å². The molecule has 0 spiro atoms. The molecule has 0 amide bonds. The number of hydrogen-bond acceptors (Lipinski definition) is 4. The van der Waals surface area contributed by atoms with Crippen molar-refractivity contribution >= 4 is 22.8 Å². The minimum Gasteiger partial charge on any atom is -0.301 e. The number of nitrogens with zero attached hydrogens (tertiary/aromatic N) is 2. The molecule has 1 aliphatic rings. The van der Waals surface area contributed by atoms with Gasteiger partial charge < -0.3 is 4.98 Å². The van der Waals surface area contributed by atoms with E-state index >= 15 is 0 Å². The molecule has 0 unspecified atom stereocenters. The lowest BCUT2D eigenvalue weighted by Crippen LogP contribution is -2.14. The highest BCUT2D eigenvalue weighted by Crippen LogP contribution is 2.22. The molecule has 19 heavy (non-hydrogen) atoms. The molecule has 0 bridgehead atoms. The van der Waals surface area contributed by atoms with E-state index in [4.69, 9.17) is 0 Å². The van der Waals surface area contributed by atoms with E-state index in [9.17, 15) is 4.79 Å². The van der Waals surface area contributed by atoms with Gasteiger partial charge in [0.2, 0.25) is 0 Å². The van der Waals surface area contributed by atoms with Crippen molar-refractivity contribution in [2.24, 2.45) is 0 Å². The first-order chi connectivity index (χ1) is 9.28. The molecular weight excluding hydrogens is 258 g/mol. The second-order valence-electron chi connectivity index (χ2n) is 4.89. The summed E-state index contributed by atoms with van der Waals surface area (Å²) in [7, 11) is 0. The number of fused-ring (bicyclic) bond motifs is 2. The van der Waals surface area contributed by atoms with Gasteiger partial charge in [-0.05, 0) is 43.7 Å². The number of aromatic nitrogens is 3. The molecule has 0 radical (unpaired) electrons. The van der Waals surface area contributed by atoms with Gasteiger partial charge in [0, 0.05) is 11.4 Å². The van der Waals surface area contributed by atoms with Gasteiger partial charge in [0.05, 0.1) is 5.39 Å². The Morgan fingerprint density at radius 3 is 3.00 bits per heavy atom. The number of H-pyrrole nitrogens is 1. The summed E-state index contributed by atoms with van der Waals surface area (Å²) in [6.07, 6.45) is 5.48. The Morgan fingerprint density at radius 1 is 1.32 bits per heavy atom. The van der Waals surface area contributed by atoms with Crippen LogP contribution in [-0.4, -0.2) is 20.7 Å². The SMILES string of the molecule is CCCSc1nc2nc3c(cc2c(=O)[nH]1)CCCC3. The molecule has 0 fully saturated rings. The average Bonchev–Trinajstić information content (AvgIpc) is 2.43. The quantitative estimate of drug-likeness (QED) is 0.691. The fraction of sp³-hybridized carbons (Fsp3) is 0.500. The maximum absolute atomic E-state index is 12.1. The van der Waals surface area contributed by atoms with Crippen LogP contribution in [0.1, 0.15) is 37.4 Å². The van der Waals surface area contributed by atoms with Crippen LogP contribution < -0.4 is 5.56 Å². The minimum absolute atomic E-state index is 0.0653. The Balaban J connectivity index is 2.10. The third-order valence-electron chi connectivity index (χ3n) is 3.40. The third kappa shape index (κ3) is 2.52. The Hall–Kier alpha value is -1.36. The molecule has 0 aliphatic heterocycles. The van der Waals surface area contributed by atoms with Crippen molar-refractivity contribution in [3.8, 4) is 0 Å². The van der Waals surface area contributed by atoms with Gasteiger partial charge in [-0.2, -0.15) is 0 Å². The summed E-state index contributed by atoms with van der Waals surface area (Å²) >= 11 is 1.58. The minimum atomic E-state index is -0.0653. The van der Waals surface area contributed by atoms with Crippen molar-refractivity contribution < 1.29 is 0 Å². The van der Waals surface area contributed by atoms with Crippen LogP contribution in [0.3, 0.4) is 0 Å². The summed E-state index contributed by atoms with van der Waals surface area (Å²) in [5, 5.41) is 1.31. The Bertz CT molecular complexity index is 666. The van der Waals surface area contributed by atoms with E-state index in [1.54, 1.807) is 11.8 Å². The highest BCUT2D eigenvalue weighted by atomic mass is 32.2. The third-order valence-corrected chi connectivity index (χ3v) is 4.48. The van der Waals surface area contributed by atoms with Gasteiger partial charge in [-0.25, -0.2) is 9.97 Å². The van der Waals surface area contributed by atoms with Gasteiger partial charge in [0.1, 0.15) is 0 Å².